The van der Waals surface area contributed by atoms with E-state index in [9.17, 15) is 19.8 Å². The molecule has 1 fully saturated rings. The van der Waals surface area contributed by atoms with Gasteiger partial charge in [0.2, 0.25) is 0 Å². The van der Waals surface area contributed by atoms with Gasteiger partial charge in [-0.1, -0.05) is 43.4 Å². The van der Waals surface area contributed by atoms with E-state index >= 15 is 0 Å². The highest BCUT2D eigenvalue weighted by Gasteiger charge is 2.39. The molecule has 3 N–H and O–H groups in total. The Morgan fingerprint density at radius 2 is 2.04 bits per heavy atom. The van der Waals surface area contributed by atoms with Gasteiger partial charge in [-0.15, -0.1) is 0 Å². The number of carboxylic acids is 1. The number of ketones is 1. The first-order valence-corrected chi connectivity index (χ1v) is 9.04. The predicted octanol–water partition coefficient (Wildman–Crippen LogP) is 3.03. The molecule has 0 unspecified atom stereocenters. The molecule has 1 aliphatic rings. The molecule has 1 saturated carbocycles. The second-order valence-corrected chi connectivity index (χ2v) is 6.49. The molecule has 4 atom stereocenters. The predicted molar refractivity (Wildman–Crippen MR) is 97.0 cm³/mol. The molecule has 5 heteroatoms. The maximum atomic E-state index is 12.1. The van der Waals surface area contributed by atoms with Gasteiger partial charge in [-0.2, -0.15) is 0 Å². The van der Waals surface area contributed by atoms with Gasteiger partial charge in [-0.3, -0.25) is 9.59 Å². The van der Waals surface area contributed by atoms with E-state index < -0.39 is 18.2 Å². The molecule has 5 nitrogen and oxygen atoms in total. The number of aliphatic hydroxyl groups is 2. The Balaban J connectivity index is 2.52. The number of unbranched alkanes of at least 4 members (excludes halogenated alkanes) is 1. The van der Waals surface area contributed by atoms with Gasteiger partial charge < -0.3 is 15.3 Å². The third kappa shape index (κ3) is 8.27. The van der Waals surface area contributed by atoms with Gasteiger partial charge >= 0.3 is 5.97 Å². The van der Waals surface area contributed by atoms with E-state index in [0.29, 0.717) is 25.7 Å². The average Bonchev–Trinajstić information content (AvgIpc) is 2.82. The fourth-order valence-corrected chi connectivity index (χ4v) is 3.00. The number of hydrogen-bond donors (Lipinski definition) is 3. The van der Waals surface area contributed by atoms with Gasteiger partial charge in [0.05, 0.1) is 12.2 Å². The number of hydrogen-bond acceptors (Lipinski definition) is 4. The van der Waals surface area contributed by atoms with Crippen LogP contribution in [0.15, 0.2) is 36.5 Å². The summed E-state index contributed by atoms with van der Waals surface area (Å²) in [6, 6.07) is 0. The van der Waals surface area contributed by atoms with E-state index in [1.165, 1.54) is 0 Å². The van der Waals surface area contributed by atoms with Crippen molar-refractivity contribution in [1.82, 2.24) is 0 Å². The highest BCUT2D eigenvalue weighted by atomic mass is 16.4. The fourth-order valence-electron chi connectivity index (χ4n) is 3.00. The van der Waals surface area contributed by atoms with Crippen LogP contribution in [0.5, 0.6) is 0 Å². The number of aliphatic hydroxyl groups excluding tert-OH is 2. The molecule has 0 aromatic carbocycles. The summed E-state index contributed by atoms with van der Waals surface area (Å²) in [5.74, 6) is -1.35. The van der Waals surface area contributed by atoms with Crippen molar-refractivity contribution < 1.29 is 24.9 Å². The molecular weight excluding hydrogens is 320 g/mol. The summed E-state index contributed by atoms with van der Waals surface area (Å²) in [6.45, 7) is 2.02. The van der Waals surface area contributed by atoms with Crippen molar-refractivity contribution in [2.45, 2.75) is 64.1 Å². The Morgan fingerprint density at radius 1 is 1.28 bits per heavy atom. The van der Waals surface area contributed by atoms with Crippen molar-refractivity contribution in [3.05, 3.63) is 36.5 Å². The van der Waals surface area contributed by atoms with E-state index in [2.05, 4.69) is 0 Å². The standard InChI is InChI=1S/C20H30O5/c1-2-3-6-9-15(21)12-13-17-16(18(22)14-19(17)23)10-7-4-5-8-11-20(24)25/h3-4,6-7,12-13,15-18,21-22H,2,5,8-11,14H2,1H3,(H,24,25)/b6-3-,7-4-,13-12+/t15-,16+,17+,18+/m0/s1. The summed E-state index contributed by atoms with van der Waals surface area (Å²) in [4.78, 5) is 22.5. The second kappa shape index (κ2) is 11.8. The zero-order valence-corrected chi connectivity index (χ0v) is 14.9. The van der Waals surface area contributed by atoms with Gasteiger partial charge in [0, 0.05) is 24.7 Å². The molecule has 0 heterocycles. The molecular formula is C20H30O5. The van der Waals surface area contributed by atoms with Crippen LogP contribution in [-0.2, 0) is 9.59 Å². The highest BCUT2D eigenvalue weighted by Crippen LogP contribution is 2.33. The van der Waals surface area contributed by atoms with Crippen molar-refractivity contribution in [2.75, 3.05) is 0 Å². The van der Waals surface area contributed by atoms with E-state index in [0.717, 1.165) is 6.42 Å². The smallest absolute Gasteiger partial charge is 0.303 e. The van der Waals surface area contributed by atoms with Crippen LogP contribution >= 0.6 is 0 Å². The summed E-state index contributed by atoms with van der Waals surface area (Å²) in [7, 11) is 0. The minimum absolute atomic E-state index is 0.00401. The number of allylic oxidation sites excluding steroid dienone is 4. The van der Waals surface area contributed by atoms with Gasteiger partial charge in [0.15, 0.2) is 0 Å². The zero-order valence-electron chi connectivity index (χ0n) is 14.9. The number of carboxylic acid groups (broad SMARTS) is 1. The SMILES string of the molecule is CC/C=C\C[C@H](O)/C=C/[C@H]1C(=O)C[C@@H](O)[C@@H]1C/C=C\CCCC(=O)O. The van der Waals surface area contributed by atoms with Gasteiger partial charge in [-0.25, -0.2) is 0 Å². The number of rotatable bonds is 11. The molecule has 140 valence electrons. The van der Waals surface area contributed by atoms with E-state index in [1.54, 1.807) is 12.2 Å². The first-order chi connectivity index (χ1) is 12.0. The summed E-state index contributed by atoms with van der Waals surface area (Å²) < 4.78 is 0. The molecule has 0 amide bonds. The Hall–Kier alpha value is -1.72. The average molecular weight is 350 g/mol. The van der Waals surface area contributed by atoms with Gasteiger partial charge in [-0.05, 0) is 32.1 Å². The fraction of sp³-hybridized carbons (Fsp3) is 0.600. The normalized spacial score (nSPS) is 25.6. The van der Waals surface area contributed by atoms with Gasteiger partial charge in [0.1, 0.15) is 5.78 Å². The Kier molecular flexibility index (Phi) is 10.0. The first-order valence-electron chi connectivity index (χ1n) is 9.04. The van der Waals surface area contributed by atoms with Crippen molar-refractivity contribution in [1.29, 1.82) is 0 Å². The topological polar surface area (TPSA) is 94.8 Å². The van der Waals surface area contributed by atoms with Crippen LogP contribution in [0.2, 0.25) is 0 Å². The van der Waals surface area contributed by atoms with E-state index in [-0.39, 0.29) is 30.5 Å². The zero-order chi connectivity index (χ0) is 18.7. The van der Waals surface area contributed by atoms with Crippen LogP contribution in [0.1, 0.15) is 51.9 Å². The lowest BCUT2D eigenvalue weighted by Crippen LogP contribution is -2.19. The van der Waals surface area contributed by atoms with Crippen LogP contribution < -0.4 is 0 Å². The highest BCUT2D eigenvalue weighted by molar-refractivity contribution is 5.86. The molecule has 0 spiro atoms. The number of aliphatic carboxylic acids is 1. The molecule has 0 aliphatic heterocycles. The molecule has 0 bridgehead atoms. The minimum atomic E-state index is -0.803. The molecule has 0 saturated heterocycles. The second-order valence-electron chi connectivity index (χ2n) is 6.49. The quantitative estimate of drug-likeness (QED) is 0.393. The lowest BCUT2D eigenvalue weighted by Gasteiger charge is -2.17. The maximum absolute atomic E-state index is 12.1. The van der Waals surface area contributed by atoms with Crippen LogP contribution in [-0.4, -0.2) is 39.3 Å². The van der Waals surface area contributed by atoms with Crippen molar-refractivity contribution in [3.8, 4) is 0 Å². The van der Waals surface area contributed by atoms with E-state index in [4.69, 9.17) is 5.11 Å². The largest absolute Gasteiger partial charge is 0.481 e. The van der Waals surface area contributed by atoms with Crippen molar-refractivity contribution >= 4 is 11.8 Å². The van der Waals surface area contributed by atoms with Crippen LogP contribution in [0, 0.1) is 11.8 Å². The molecule has 0 radical (unpaired) electrons. The van der Waals surface area contributed by atoms with Crippen LogP contribution in [0.25, 0.3) is 0 Å². The third-order valence-corrected chi connectivity index (χ3v) is 4.39. The molecule has 25 heavy (non-hydrogen) atoms. The number of carbonyl (C=O) groups excluding carboxylic acids is 1. The summed E-state index contributed by atoms with van der Waals surface area (Å²) in [6.07, 6.45) is 13.4. The van der Waals surface area contributed by atoms with E-state index in [1.807, 2.05) is 31.2 Å². The van der Waals surface area contributed by atoms with Crippen LogP contribution in [0.3, 0.4) is 0 Å². The lowest BCUT2D eigenvalue weighted by atomic mass is 9.90. The monoisotopic (exact) mass is 350 g/mol. The molecule has 1 rings (SSSR count). The minimum Gasteiger partial charge on any atom is -0.481 e. The number of Topliss-reactive ketones (excluding diaryl/α,β-unsaturated/α-hetero) is 1. The number of carbonyl (C=O) groups is 2. The molecule has 0 aromatic rings. The van der Waals surface area contributed by atoms with Crippen molar-refractivity contribution in [3.63, 3.8) is 0 Å². The maximum Gasteiger partial charge on any atom is 0.303 e. The lowest BCUT2D eigenvalue weighted by molar-refractivity contribution is -0.137. The molecule has 0 aromatic heterocycles. The van der Waals surface area contributed by atoms with Gasteiger partial charge in [0.25, 0.3) is 0 Å². The Labute approximate surface area is 149 Å². The van der Waals surface area contributed by atoms with Crippen molar-refractivity contribution in [2.24, 2.45) is 11.8 Å². The third-order valence-electron chi connectivity index (χ3n) is 4.39. The first kappa shape index (κ1) is 21.3. The summed E-state index contributed by atoms with van der Waals surface area (Å²) in [5, 5.41) is 28.6. The molecule has 1 aliphatic carbocycles. The Bertz CT molecular complexity index is 506. The Morgan fingerprint density at radius 3 is 2.72 bits per heavy atom. The summed E-state index contributed by atoms with van der Waals surface area (Å²) in [5.41, 5.74) is 0. The van der Waals surface area contributed by atoms with Crippen LogP contribution in [0.4, 0.5) is 0 Å². The summed E-state index contributed by atoms with van der Waals surface area (Å²) >= 11 is 0.